The minimum atomic E-state index is -0.104. The first-order chi connectivity index (χ1) is 13.5. The van der Waals surface area contributed by atoms with Crippen LogP contribution in [-0.2, 0) is 9.59 Å². The first kappa shape index (κ1) is 20.6. The molecule has 0 N–H and O–H groups in total. The predicted molar refractivity (Wildman–Crippen MR) is 113 cm³/mol. The standard InChI is InChI=1S/C21H33N5O2/c1-4-23-11-15-25(16-12-23)21(28)17-26(18(2)27)20-7-5-19(6-8-20)24-13-9-22(3)10-14-24/h5-8H,4,9-17H2,1-3H3. The number of piperazine rings is 2. The van der Waals surface area contributed by atoms with Crippen molar-refractivity contribution in [2.75, 3.05) is 82.3 Å². The van der Waals surface area contributed by atoms with E-state index in [0.29, 0.717) is 0 Å². The summed E-state index contributed by atoms with van der Waals surface area (Å²) in [4.78, 5) is 35.4. The molecule has 0 atom stereocenters. The lowest BCUT2D eigenvalue weighted by molar-refractivity contribution is -0.132. The van der Waals surface area contributed by atoms with Crippen molar-refractivity contribution in [2.45, 2.75) is 13.8 Å². The SMILES string of the molecule is CCN1CCN(C(=O)CN(C(C)=O)c2ccc(N3CCN(C)CC3)cc2)CC1. The molecule has 1 aromatic carbocycles. The lowest BCUT2D eigenvalue weighted by atomic mass is 10.2. The summed E-state index contributed by atoms with van der Waals surface area (Å²) in [6.45, 7) is 12.2. The van der Waals surface area contributed by atoms with E-state index in [1.54, 1.807) is 4.90 Å². The van der Waals surface area contributed by atoms with Crippen LogP contribution in [-0.4, -0.2) is 99.0 Å². The van der Waals surface area contributed by atoms with Crippen molar-refractivity contribution in [1.29, 1.82) is 0 Å². The van der Waals surface area contributed by atoms with Gasteiger partial charge in [0.05, 0.1) is 0 Å². The van der Waals surface area contributed by atoms with Crippen molar-refractivity contribution in [3.05, 3.63) is 24.3 Å². The Hall–Kier alpha value is -2.12. The summed E-state index contributed by atoms with van der Waals surface area (Å²) in [6.07, 6.45) is 0. The number of hydrogen-bond donors (Lipinski definition) is 0. The Balaban J connectivity index is 1.62. The Morgan fingerprint density at radius 1 is 0.929 bits per heavy atom. The molecule has 28 heavy (non-hydrogen) atoms. The number of anilines is 2. The van der Waals surface area contributed by atoms with Gasteiger partial charge in [-0.1, -0.05) is 6.92 Å². The first-order valence-corrected chi connectivity index (χ1v) is 10.3. The van der Waals surface area contributed by atoms with Crippen molar-refractivity contribution in [3.8, 4) is 0 Å². The van der Waals surface area contributed by atoms with Crippen LogP contribution in [0, 0.1) is 0 Å². The fraction of sp³-hybridized carbons (Fsp3) is 0.619. The highest BCUT2D eigenvalue weighted by Gasteiger charge is 2.24. The Bertz CT molecular complexity index is 662. The van der Waals surface area contributed by atoms with Crippen LogP contribution < -0.4 is 9.80 Å². The van der Waals surface area contributed by atoms with Crippen LogP contribution in [0.4, 0.5) is 11.4 Å². The molecule has 7 nitrogen and oxygen atoms in total. The summed E-state index contributed by atoms with van der Waals surface area (Å²) >= 11 is 0. The lowest BCUT2D eigenvalue weighted by Crippen LogP contribution is -2.51. The van der Waals surface area contributed by atoms with Gasteiger partial charge in [0.15, 0.2) is 0 Å². The second-order valence-electron chi connectivity index (χ2n) is 7.73. The van der Waals surface area contributed by atoms with Crippen LogP contribution in [0.3, 0.4) is 0 Å². The summed E-state index contributed by atoms with van der Waals surface area (Å²) in [5.41, 5.74) is 1.95. The van der Waals surface area contributed by atoms with Gasteiger partial charge in [-0.3, -0.25) is 9.59 Å². The molecule has 154 valence electrons. The van der Waals surface area contributed by atoms with E-state index in [4.69, 9.17) is 0 Å². The molecule has 2 aliphatic rings. The van der Waals surface area contributed by atoms with Crippen molar-refractivity contribution in [1.82, 2.24) is 14.7 Å². The molecule has 0 saturated carbocycles. The number of hydrogen-bond acceptors (Lipinski definition) is 5. The summed E-state index contributed by atoms with van der Waals surface area (Å²) in [5.74, 6) is -0.0815. The van der Waals surface area contributed by atoms with Gasteiger partial charge in [-0.15, -0.1) is 0 Å². The Kier molecular flexibility index (Phi) is 6.91. The van der Waals surface area contributed by atoms with Crippen LogP contribution in [0.25, 0.3) is 0 Å². The van der Waals surface area contributed by atoms with Crippen LogP contribution in [0.5, 0.6) is 0 Å². The molecule has 0 bridgehead atoms. The molecule has 0 spiro atoms. The van der Waals surface area contributed by atoms with Gasteiger partial charge < -0.3 is 24.5 Å². The van der Waals surface area contributed by atoms with E-state index in [0.717, 1.165) is 64.6 Å². The molecule has 0 aromatic heterocycles. The zero-order valence-corrected chi connectivity index (χ0v) is 17.4. The fourth-order valence-corrected chi connectivity index (χ4v) is 3.84. The largest absolute Gasteiger partial charge is 0.369 e. The topological polar surface area (TPSA) is 50.3 Å². The number of nitrogens with zero attached hydrogens (tertiary/aromatic N) is 5. The highest BCUT2D eigenvalue weighted by molar-refractivity contribution is 5.97. The van der Waals surface area contributed by atoms with E-state index in [9.17, 15) is 9.59 Å². The van der Waals surface area contributed by atoms with E-state index >= 15 is 0 Å². The van der Waals surface area contributed by atoms with Gasteiger partial charge in [-0.25, -0.2) is 0 Å². The molecule has 0 unspecified atom stereocenters. The molecule has 2 saturated heterocycles. The van der Waals surface area contributed by atoms with Gasteiger partial charge in [0.25, 0.3) is 0 Å². The van der Waals surface area contributed by atoms with E-state index in [2.05, 4.69) is 40.8 Å². The number of benzene rings is 1. The minimum Gasteiger partial charge on any atom is -0.369 e. The van der Waals surface area contributed by atoms with E-state index in [1.165, 1.54) is 12.6 Å². The fourth-order valence-electron chi connectivity index (χ4n) is 3.84. The molecular weight excluding hydrogens is 354 g/mol. The monoisotopic (exact) mass is 387 g/mol. The molecule has 7 heteroatoms. The number of rotatable bonds is 5. The molecule has 2 heterocycles. The molecule has 2 aliphatic heterocycles. The average Bonchev–Trinajstić information content (AvgIpc) is 2.72. The number of carbonyl (C=O) groups is 2. The van der Waals surface area contributed by atoms with Crippen LogP contribution in [0.15, 0.2) is 24.3 Å². The van der Waals surface area contributed by atoms with Crippen molar-refractivity contribution >= 4 is 23.2 Å². The molecule has 1 aromatic rings. The van der Waals surface area contributed by atoms with Crippen LogP contribution in [0.1, 0.15) is 13.8 Å². The maximum absolute atomic E-state index is 12.7. The van der Waals surface area contributed by atoms with Crippen molar-refractivity contribution in [3.63, 3.8) is 0 Å². The number of carbonyl (C=O) groups excluding carboxylic acids is 2. The zero-order chi connectivity index (χ0) is 20.1. The molecule has 0 radical (unpaired) electrons. The first-order valence-electron chi connectivity index (χ1n) is 10.3. The van der Waals surface area contributed by atoms with Crippen LogP contribution in [0.2, 0.25) is 0 Å². The van der Waals surface area contributed by atoms with Gasteiger partial charge in [0.1, 0.15) is 6.54 Å². The molecular formula is C21H33N5O2. The average molecular weight is 388 g/mol. The van der Waals surface area contributed by atoms with Crippen LogP contribution >= 0.6 is 0 Å². The van der Waals surface area contributed by atoms with Gasteiger partial charge >= 0.3 is 0 Å². The summed E-state index contributed by atoms with van der Waals surface area (Å²) in [7, 11) is 2.14. The summed E-state index contributed by atoms with van der Waals surface area (Å²) in [6, 6.07) is 8.02. The summed E-state index contributed by atoms with van der Waals surface area (Å²) < 4.78 is 0. The number of amides is 2. The second kappa shape index (κ2) is 9.39. The Morgan fingerprint density at radius 2 is 1.54 bits per heavy atom. The third-order valence-electron chi connectivity index (χ3n) is 5.88. The molecule has 2 fully saturated rings. The minimum absolute atomic E-state index is 0.0223. The molecule has 2 amide bonds. The summed E-state index contributed by atoms with van der Waals surface area (Å²) in [5, 5.41) is 0. The van der Waals surface area contributed by atoms with Crippen molar-refractivity contribution < 1.29 is 9.59 Å². The number of likely N-dealkylation sites (N-methyl/N-ethyl adjacent to an activating group) is 2. The van der Waals surface area contributed by atoms with Gasteiger partial charge in [0.2, 0.25) is 11.8 Å². The van der Waals surface area contributed by atoms with Gasteiger partial charge in [0, 0.05) is 70.7 Å². The highest BCUT2D eigenvalue weighted by Crippen LogP contribution is 2.22. The Labute approximate surface area is 168 Å². The third kappa shape index (κ3) is 5.02. The molecule has 3 rings (SSSR count). The predicted octanol–water partition coefficient (Wildman–Crippen LogP) is 0.955. The van der Waals surface area contributed by atoms with E-state index in [-0.39, 0.29) is 18.4 Å². The smallest absolute Gasteiger partial charge is 0.242 e. The second-order valence-corrected chi connectivity index (χ2v) is 7.73. The maximum Gasteiger partial charge on any atom is 0.242 e. The Morgan fingerprint density at radius 3 is 2.07 bits per heavy atom. The lowest BCUT2D eigenvalue weighted by Gasteiger charge is -2.35. The normalized spacial score (nSPS) is 19.0. The quantitative estimate of drug-likeness (QED) is 0.753. The van der Waals surface area contributed by atoms with E-state index < -0.39 is 0 Å². The zero-order valence-electron chi connectivity index (χ0n) is 17.4. The third-order valence-corrected chi connectivity index (χ3v) is 5.88. The maximum atomic E-state index is 12.7. The van der Waals surface area contributed by atoms with Gasteiger partial charge in [-0.05, 0) is 37.9 Å². The highest BCUT2D eigenvalue weighted by atomic mass is 16.2. The van der Waals surface area contributed by atoms with Crippen molar-refractivity contribution in [2.24, 2.45) is 0 Å². The van der Waals surface area contributed by atoms with E-state index in [1.807, 2.05) is 17.0 Å². The van der Waals surface area contributed by atoms with Gasteiger partial charge in [-0.2, -0.15) is 0 Å². The molecule has 0 aliphatic carbocycles.